The summed E-state index contributed by atoms with van der Waals surface area (Å²) in [6.07, 6.45) is 4.28. The van der Waals surface area contributed by atoms with E-state index >= 15 is 0 Å². The number of halogens is 3. The van der Waals surface area contributed by atoms with Crippen molar-refractivity contribution in [3.05, 3.63) is 33.6 Å². The van der Waals surface area contributed by atoms with Crippen LogP contribution in [-0.4, -0.2) is 18.2 Å². The molecule has 0 saturated heterocycles. The van der Waals surface area contributed by atoms with E-state index in [1.54, 1.807) is 0 Å². The van der Waals surface area contributed by atoms with Gasteiger partial charge in [0.2, 0.25) is 0 Å². The van der Waals surface area contributed by atoms with Gasteiger partial charge in [-0.05, 0) is 37.4 Å². The quantitative estimate of drug-likeness (QED) is 0.863. The van der Waals surface area contributed by atoms with Gasteiger partial charge in [0.05, 0.1) is 16.1 Å². The standard InChI is InChI=1S/C14H18Cl2FNO/c15-11-5-10(17)6-12(16)14(11)13(19)8-18-7-9-3-1-2-4-9/h5-6,9,13,18-19H,1-4,7-8H2. The van der Waals surface area contributed by atoms with Gasteiger partial charge in [-0.3, -0.25) is 0 Å². The molecule has 0 bridgehead atoms. The van der Waals surface area contributed by atoms with E-state index < -0.39 is 11.9 Å². The Labute approximate surface area is 122 Å². The summed E-state index contributed by atoms with van der Waals surface area (Å²) >= 11 is 11.8. The number of hydrogen-bond donors (Lipinski definition) is 2. The molecular formula is C14H18Cl2FNO. The number of nitrogens with one attached hydrogen (secondary N) is 1. The smallest absolute Gasteiger partial charge is 0.126 e. The van der Waals surface area contributed by atoms with Crippen molar-refractivity contribution in [1.29, 1.82) is 0 Å². The second-order valence-electron chi connectivity index (χ2n) is 5.11. The zero-order valence-electron chi connectivity index (χ0n) is 10.6. The number of benzene rings is 1. The van der Waals surface area contributed by atoms with Crippen molar-refractivity contribution in [1.82, 2.24) is 5.32 Å². The molecule has 1 aliphatic carbocycles. The Morgan fingerprint density at radius 2 is 1.84 bits per heavy atom. The first-order valence-electron chi connectivity index (χ1n) is 6.61. The van der Waals surface area contributed by atoms with Crippen LogP contribution in [0.5, 0.6) is 0 Å². The van der Waals surface area contributed by atoms with Crippen molar-refractivity contribution in [2.75, 3.05) is 13.1 Å². The van der Waals surface area contributed by atoms with Gasteiger partial charge in [0.25, 0.3) is 0 Å². The van der Waals surface area contributed by atoms with E-state index in [4.69, 9.17) is 23.2 Å². The molecule has 19 heavy (non-hydrogen) atoms. The molecule has 1 unspecified atom stereocenters. The average molecular weight is 306 g/mol. The van der Waals surface area contributed by atoms with Crippen molar-refractivity contribution in [3.63, 3.8) is 0 Å². The summed E-state index contributed by atoms with van der Waals surface area (Å²) in [6.45, 7) is 1.27. The first-order valence-corrected chi connectivity index (χ1v) is 7.36. The fourth-order valence-electron chi connectivity index (χ4n) is 2.61. The SMILES string of the molecule is OC(CNCC1CCCC1)c1c(Cl)cc(F)cc1Cl. The molecular weight excluding hydrogens is 288 g/mol. The van der Waals surface area contributed by atoms with Crippen molar-refractivity contribution in [2.24, 2.45) is 5.92 Å². The minimum atomic E-state index is -0.818. The first kappa shape index (κ1) is 15.0. The zero-order valence-corrected chi connectivity index (χ0v) is 12.1. The maximum atomic E-state index is 13.1. The first-order chi connectivity index (χ1) is 9.08. The third-order valence-electron chi connectivity index (χ3n) is 3.62. The summed E-state index contributed by atoms with van der Waals surface area (Å²) in [5.41, 5.74) is 0.392. The van der Waals surface area contributed by atoms with Crippen LogP contribution in [0.25, 0.3) is 0 Å². The summed E-state index contributed by atoms with van der Waals surface area (Å²) in [4.78, 5) is 0. The molecule has 1 aromatic rings. The minimum Gasteiger partial charge on any atom is -0.387 e. The van der Waals surface area contributed by atoms with Crippen molar-refractivity contribution in [2.45, 2.75) is 31.8 Å². The van der Waals surface area contributed by atoms with E-state index in [-0.39, 0.29) is 10.0 Å². The fraction of sp³-hybridized carbons (Fsp3) is 0.571. The lowest BCUT2D eigenvalue weighted by Gasteiger charge is -2.17. The Balaban J connectivity index is 1.90. The predicted octanol–water partition coefficient (Wildman–Crippen LogP) is 3.95. The van der Waals surface area contributed by atoms with Gasteiger partial charge in [-0.25, -0.2) is 4.39 Å². The number of hydrogen-bond acceptors (Lipinski definition) is 2. The lowest BCUT2D eigenvalue weighted by Crippen LogP contribution is -2.26. The second kappa shape index (κ2) is 6.89. The maximum Gasteiger partial charge on any atom is 0.126 e. The van der Waals surface area contributed by atoms with Crippen molar-refractivity contribution < 1.29 is 9.50 Å². The Morgan fingerprint density at radius 3 is 2.42 bits per heavy atom. The summed E-state index contributed by atoms with van der Waals surface area (Å²) in [7, 11) is 0. The molecule has 2 nitrogen and oxygen atoms in total. The molecule has 0 spiro atoms. The normalized spacial score (nSPS) is 17.9. The highest BCUT2D eigenvalue weighted by molar-refractivity contribution is 6.36. The van der Waals surface area contributed by atoms with Gasteiger partial charge in [0.1, 0.15) is 5.82 Å². The van der Waals surface area contributed by atoms with E-state index in [2.05, 4.69) is 5.32 Å². The molecule has 5 heteroatoms. The van der Waals surface area contributed by atoms with Gasteiger partial charge >= 0.3 is 0 Å². The van der Waals surface area contributed by atoms with Crippen LogP contribution in [0.2, 0.25) is 10.0 Å². The highest BCUT2D eigenvalue weighted by atomic mass is 35.5. The molecule has 0 aromatic heterocycles. The second-order valence-corrected chi connectivity index (χ2v) is 5.92. The van der Waals surface area contributed by atoms with Gasteiger partial charge in [0, 0.05) is 12.1 Å². The van der Waals surface area contributed by atoms with Gasteiger partial charge in [-0.1, -0.05) is 36.0 Å². The van der Waals surface area contributed by atoms with Crippen molar-refractivity contribution >= 4 is 23.2 Å². The maximum absolute atomic E-state index is 13.1. The van der Waals surface area contributed by atoms with Gasteiger partial charge < -0.3 is 10.4 Å². The predicted molar refractivity (Wildman–Crippen MR) is 76.2 cm³/mol. The van der Waals surface area contributed by atoms with Crippen molar-refractivity contribution in [3.8, 4) is 0 Å². The van der Waals surface area contributed by atoms with Gasteiger partial charge in [-0.15, -0.1) is 0 Å². The highest BCUT2D eigenvalue weighted by Crippen LogP contribution is 2.31. The molecule has 2 N–H and O–H groups in total. The lowest BCUT2D eigenvalue weighted by molar-refractivity contribution is 0.173. The molecule has 106 valence electrons. The summed E-state index contributed by atoms with van der Waals surface area (Å²) in [6, 6.07) is 2.34. The summed E-state index contributed by atoms with van der Waals surface area (Å²) in [5, 5.41) is 13.7. The van der Waals surface area contributed by atoms with Crippen LogP contribution in [0, 0.1) is 11.7 Å². The molecule has 0 heterocycles. The van der Waals surface area contributed by atoms with E-state index in [0.717, 1.165) is 6.54 Å². The van der Waals surface area contributed by atoms with Crippen LogP contribution in [0.3, 0.4) is 0 Å². The van der Waals surface area contributed by atoms with E-state index in [0.29, 0.717) is 18.0 Å². The Bertz CT molecular complexity index is 412. The van der Waals surface area contributed by atoms with E-state index in [9.17, 15) is 9.50 Å². The van der Waals surface area contributed by atoms with Gasteiger partial charge in [-0.2, -0.15) is 0 Å². The van der Waals surface area contributed by atoms with Crippen LogP contribution in [0.4, 0.5) is 4.39 Å². The molecule has 1 saturated carbocycles. The molecule has 0 amide bonds. The molecule has 1 fully saturated rings. The monoisotopic (exact) mass is 305 g/mol. The molecule has 2 rings (SSSR count). The number of aliphatic hydroxyl groups excluding tert-OH is 1. The van der Waals surface area contributed by atoms with Crippen LogP contribution >= 0.6 is 23.2 Å². The number of rotatable bonds is 5. The molecule has 0 radical (unpaired) electrons. The topological polar surface area (TPSA) is 32.3 Å². The van der Waals surface area contributed by atoms with Crippen LogP contribution in [0.1, 0.15) is 37.4 Å². The summed E-state index contributed by atoms with van der Waals surface area (Å²) < 4.78 is 13.1. The van der Waals surface area contributed by atoms with Gasteiger partial charge in [0.15, 0.2) is 0 Å². The fourth-order valence-corrected chi connectivity index (χ4v) is 3.32. The largest absolute Gasteiger partial charge is 0.387 e. The lowest BCUT2D eigenvalue weighted by atomic mass is 10.1. The minimum absolute atomic E-state index is 0.167. The van der Waals surface area contributed by atoms with E-state index in [1.807, 2.05) is 0 Å². The number of aliphatic hydroxyl groups is 1. The third kappa shape index (κ3) is 4.06. The van der Waals surface area contributed by atoms with Crippen LogP contribution in [-0.2, 0) is 0 Å². The third-order valence-corrected chi connectivity index (χ3v) is 4.25. The molecule has 1 aromatic carbocycles. The average Bonchev–Trinajstić information content (AvgIpc) is 2.80. The van der Waals surface area contributed by atoms with E-state index in [1.165, 1.54) is 37.8 Å². The Morgan fingerprint density at radius 1 is 1.26 bits per heavy atom. The Hall–Kier alpha value is -0.350. The van der Waals surface area contributed by atoms with Crippen LogP contribution in [0.15, 0.2) is 12.1 Å². The molecule has 1 atom stereocenters. The molecule has 1 aliphatic rings. The Kier molecular flexibility index (Phi) is 5.46. The summed E-state index contributed by atoms with van der Waals surface area (Å²) in [5.74, 6) is 0.205. The van der Waals surface area contributed by atoms with Crippen LogP contribution < -0.4 is 5.32 Å². The highest BCUT2D eigenvalue weighted by Gasteiger charge is 2.18. The zero-order chi connectivity index (χ0) is 13.8. The molecule has 0 aliphatic heterocycles.